The molecule has 2 heteroatoms. The Balaban J connectivity index is 1.77. The van der Waals surface area contributed by atoms with Crippen LogP contribution < -0.4 is 4.74 Å². The number of ether oxygens (including phenoxy) is 1. The van der Waals surface area contributed by atoms with Crippen molar-refractivity contribution in [2.75, 3.05) is 6.61 Å². The number of hydrogen-bond donors (Lipinski definition) is 1. The molecule has 2 aromatic rings. The van der Waals surface area contributed by atoms with Crippen LogP contribution in [0.5, 0.6) is 5.75 Å². The summed E-state index contributed by atoms with van der Waals surface area (Å²) in [5, 5.41) is 13.0. The van der Waals surface area contributed by atoms with Crippen LogP contribution in [-0.4, -0.2) is 17.8 Å². The quantitative estimate of drug-likeness (QED) is 0.890. The first-order chi connectivity index (χ1) is 10.8. The summed E-state index contributed by atoms with van der Waals surface area (Å²) in [6.07, 6.45) is 6.69. The van der Waals surface area contributed by atoms with Crippen molar-refractivity contribution in [2.24, 2.45) is 5.92 Å². The van der Waals surface area contributed by atoms with E-state index in [0.29, 0.717) is 0 Å². The monoisotopic (exact) mass is 296 g/mol. The molecule has 0 radical (unpaired) electrons. The summed E-state index contributed by atoms with van der Waals surface area (Å²) in [6.45, 7) is 0.828. The molecular formula is C20H24O2. The van der Waals surface area contributed by atoms with E-state index in [1.807, 2.05) is 0 Å². The van der Waals surface area contributed by atoms with Crippen LogP contribution in [0.3, 0.4) is 0 Å². The van der Waals surface area contributed by atoms with Crippen molar-refractivity contribution in [1.82, 2.24) is 0 Å². The van der Waals surface area contributed by atoms with E-state index in [4.69, 9.17) is 4.74 Å². The zero-order valence-electron chi connectivity index (χ0n) is 13.0. The maximum absolute atomic E-state index is 10.5. The molecule has 0 unspecified atom stereocenters. The van der Waals surface area contributed by atoms with E-state index in [0.717, 1.165) is 37.5 Å². The Kier molecular flexibility index (Phi) is 3.79. The highest BCUT2D eigenvalue weighted by molar-refractivity contribution is 5.88. The Morgan fingerprint density at radius 1 is 0.955 bits per heavy atom. The van der Waals surface area contributed by atoms with E-state index in [1.54, 1.807) is 0 Å². The molecule has 2 aromatic carbocycles. The molecule has 0 amide bonds. The molecule has 0 aliphatic heterocycles. The lowest BCUT2D eigenvalue weighted by molar-refractivity contribution is 0.105. The minimum absolute atomic E-state index is 0.217. The lowest BCUT2D eigenvalue weighted by atomic mass is 9.79. The summed E-state index contributed by atoms with van der Waals surface area (Å²) in [4.78, 5) is 0. The highest BCUT2D eigenvalue weighted by Crippen LogP contribution is 2.42. The summed E-state index contributed by atoms with van der Waals surface area (Å²) in [7, 11) is 0. The zero-order valence-corrected chi connectivity index (χ0v) is 13.0. The van der Waals surface area contributed by atoms with E-state index in [2.05, 4.69) is 36.4 Å². The SMILES string of the molecule is O[C@H]1CCCC[C@H]1c1c(OCC2CC2)ccc2ccccc12. The average Bonchev–Trinajstić information content (AvgIpc) is 3.37. The summed E-state index contributed by atoms with van der Waals surface area (Å²) in [6, 6.07) is 12.8. The lowest BCUT2D eigenvalue weighted by Crippen LogP contribution is -2.23. The molecule has 0 spiro atoms. The number of aliphatic hydroxyl groups excluding tert-OH is 1. The van der Waals surface area contributed by atoms with Crippen molar-refractivity contribution in [1.29, 1.82) is 0 Å². The van der Waals surface area contributed by atoms with E-state index in [-0.39, 0.29) is 12.0 Å². The number of rotatable bonds is 4. The predicted molar refractivity (Wildman–Crippen MR) is 89.4 cm³/mol. The van der Waals surface area contributed by atoms with Crippen molar-refractivity contribution in [3.63, 3.8) is 0 Å². The maximum atomic E-state index is 10.5. The second kappa shape index (κ2) is 5.92. The fourth-order valence-electron chi connectivity index (χ4n) is 3.72. The fraction of sp³-hybridized carbons (Fsp3) is 0.500. The van der Waals surface area contributed by atoms with Gasteiger partial charge in [-0.2, -0.15) is 0 Å². The first kappa shape index (κ1) is 14.1. The van der Waals surface area contributed by atoms with Gasteiger partial charge >= 0.3 is 0 Å². The van der Waals surface area contributed by atoms with Gasteiger partial charge in [0, 0.05) is 11.5 Å². The van der Waals surface area contributed by atoms with Gasteiger partial charge in [-0.05, 0) is 48.4 Å². The largest absolute Gasteiger partial charge is 0.493 e. The predicted octanol–water partition coefficient (Wildman–Crippen LogP) is 4.65. The standard InChI is InChI=1S/C20H24O2/c21-18-8-4-3-7-17(18)20-16-6-2-1-5-15(16)11-12-19(20)22-13-14-9-10-14/h1-2,5-6,11-12,14,17-18,21H,3-4,7-10,13H2/t17-,18+/m1/s1. The number of aliphatic hydroxyl groups is 1. The molecule has 2 saturated carbocycles. The number of benzene rings is 2. The fourth-order valence-corrected chi connectivity index (χ4v) is 3.72. The van der Waals surface area contributed by atoms with Gasteiger partial charge in [0.15, 0.2) is 0 Å². The van der Waals surface area contributed by atoms with E-state index >= 15 is 0 Å². The van der Waals surface area contributed by atoms with Crippen molar-refractivity contribution >= 4 is 10.8 Å². The maximum Gasteiger partial charge on any atom is 0.123 e. The van der Waals surface area contributed by atoms with E-state index in [1.165, 1.54) is 35.6 Å². The van der Waals surface area contributed by atoms with Crippen molar-refractivity contribution in [3.8, 4) is 5.75 Å². The number of fused-ring (bicyclic) bond motifs is 1. The van der Waals surface area contributed by atoms with Crippen molar-refractivity contribution < 1.29 is 9.84 Å². The summed E-state index contributed by atoms with van der Waals surface area (Å²) >= 11 is 0. The molecule has 0 heterocycles. The number of hydrogen-bond acceptors (Lipinski definition) is 2. The molecule has 4 rings (SSSR count). The third-order valence-corrected chi connectivity index (χ3v) is 5.20. The average molecular weight is 296 g/mol. The molecule has 2 aliphatic rings. The Bertz CT molecular complexity index is 660. The first-order valence-corrected chi connectivity index (χ1v) is 8.65. The Labute approximate surface area is 132 Å². The third kappa shape index (κ3) is 2.72. The summed E-state index contributed by atoms with van der Waals surface area (Å²) in [5.41, 5.74) is 1.24. The van der Waals surface area contributed by atoms with Gasteiger partial charge in [-0.1, -0.05) is 43.2 Å². The minimum Gasteiger partial charge on any atom is -0.493 e. The lowest BCUT2D eigenvalue weighted by Gasteiger charge is -2.30. The molecule has 2 fully saturated rings. The smallest absolute Gasteiger partial charge is 0.123 e. The van der Waals surface area contributed by atoms with Crippen LogP contribution in [0.15, 0.2) is 36.4 Å². The molecule has 2 aliphatic carbocycles. The zero-order chi connectivity index (χ0) is 14.9. The van der Waals surface area contributed by atoms with Gasteiger partial charge in [-0.15, -0.1) is 0 Å². The second-order valence-electron chi connectivity index (χ2n) is 6.91. The molecule has 1 N–H and O–H groups in total. The van der Waals surface area contributed by atoms with Crippen LogP contribution in [0.2, 0.25) is 0 Å². The van der Waals surface area contributed by atoms with E-state index in [9.17, 15) is 5.11 Å². The summed E-state index contributed by atoms with van der Waals surface area (Å²) < 4.78 is 6.16. The van der Waals surface area contributed by atoms with Crippen LogP contribution in [-0.2, 0) is 0 Å². The van der Waals surface area contributed by atoms with Crippen molar-refractivity contribution in [2.45, 2.75) is 50.5 Å². The highest BCUT2D eigenvalue weighted by atomic mass is 16.5. The molecule has 116 valence electrons. The van der Waals surface area contributed by atoms with E-state index < -0.39 is 0 Å². The minimum atomic E-state index is -0.233. The molecule has 2 atom stereocenters. The van der Waals surface area contributed by atoms with Crippen LogP contribution in [0.1, 0.15) is 50.0 Å². The van der Waals surface area contributed by atoms with Crippen LogP contribution in [0.25, 0.3) is 10.8 Å². The van der Waals surface area contributed by atoms with Gasteiger partial charge in [0.2, 0.25) is 0 Å². The topological polar surface area (TPSA) is 29.5 Å². The Morgan fingerprint density at radius 3 is 2.59 bits per heavy atom. The van der Waals surface area contributed by atoms with Gasteiger partial charge in [-0.3, -0.25) is 0 Å². The Hall–Kier alpha value is -1.54. The molecular weight excluding hydrogens is 272 g/mol. The normalized spacial score (nSPS) is 25.3. The molecule has 0 saturated heterocycles. The van der Waals surface area contributed by atoms with Gasteiger partial charge in [-0.25, -0.2) is 0 Å². The molecule has 2 nitrogen and oxygen atoms in total. The second-order valence-corrected chi connectivity index (χ2v) is 6.91. The highest BCUT2D eigenvalue weighted by Gasteiger charge is 2.29. The molecule has 0 aromatic heterocycles. The third-order valence-electron chi connectivity index (χ3n) is 5.20. The molecule has 22 heavy (non-hydrogen) atoms. The van der Waals surface area contributed by atoms with Gasteiger partial charge in [0.25, 0.3) is 0 Å². The van der Waals surface area contributed by atoms with Crippen LogP contribution in [0.4, 0.5) is 0 Å². The van der Waals surface area contributed by atoms with Gasteiger partial charge in [0.1, 0.15) is 5.75 Å². The van der Waals surface area contributed by atoms with Gasteiger partial charge in [0.05, 0.1) is 12.7 Å². The van der Waals surface area contributed by atoms with Crippen LogP contribution in [0, 0.1) is 5.92 Å². The summed E-state index contributed by atoms with van der Waals surface area (Å²) in [5.74, 6) is 1.96. The first-order valence-electron chi connectivity index (χ1n) is 8.65. The Morgan fingerprint density at radius 2 is 1.77 bits per heavy atom. The van der Waals surface area contributed by atoms with Crippen LogP contribution >= 0.6 is 0 Å². The van der Waals surface area contributed by atoms with Gasteiger partial charge < -0.3 is 9.84 Å². The molecule has 0 bridgehead atoms. The van der Waals surface area contributed by atoms with Crippen molar-refractivity contribution in [3.05, 3.63) is 42.0 Å².